The second-order valence-electron chi connectivity index (χ2n) is 4.52. The molecule has 2 nitrogen and oxygen atoms in total. The van der Waals surface area contributed by atoms with Gasteiger partial charge < -0.3 is 4.90 Å². The standard InChI is InChI=1S/C12H26N2/c1-4-6-12(3)14-10-8-13(7-5-2)9-11-14/h12H,4-11H2,1-3H3. The predicted molar refractivity (Wildman–Crippen MR) is 62.7 cm³/mol. The molecule has 0 N–H and O–H groups in total. The topological polar surface area (TPSA) is 6.48 Å². The van der Waals surface area contributed by atoms with Crippen molar-refractivity contribution in [3.05, 3.63) is 0 Å². The summed E-state index contributed by atoms with van der Waals surface area (Å²) >= 11 is 0. The number of hydrogen-bond acceptors (Lipinski definition) is 2. The highest BCUT2D eigenvalue weighted by molar-refractivity contribution is 4.75. The molecule has 2 heteroatoms. The summed E-state index contributed by atoms with van der Waals surface area (Å²) in [5.74, 6) is 0. The summed E-state index contributed by atoms with van der Waals surface area (Å²) in [5, 5.41) is 0. The van der Waals surface area contributed by atoms with Crippen LogP contribution >= 0.6 is 0 Å². The van der Waals surface area contributed by atoms with Gasteiger partial charge in [0.05, 0.1) is 0 Å². The molecule has 1 saturated heterocycles. The first-order chi connectivity index (χ1) is 6.77. The van der Waals surface area contributed by atoms with Gasteiger partial charge in [-0.2, -0.15) is 0 Å². The van der Waals surface area contributed by atoms with E-state index >= 15 is 0 Å². The van der Waals surface area contributed by atoms with E-state index in [0.29, 0.717) is 0 Å². The fraction of sp³-hybridized carbons (Fsp3) is 1.00. The molecule has 1 aliphatic heterocycles. The first-order valence-electron chi connectivity index (χ1n) is 6.24. The summed E-state index contributed by atoms with van der Waals surface area (Å²) in [6.07, 6.45) is 3.97. The lowest BCUT2D eigenvalue weighted by Crippen LogP contribution is -2.49. The Morgan fingerprint density at radius 1 is 1.00 bits per heavy atom. The molecule has 1 aliphatic rings. The molecule has 0 aromatic heterocycles. The number of rotatable bonds is 5. The molecule has 84 valence electrons. The summed E-state index contributed by atoms with van der Waals surface area (Å²) in [6, 6.07) is 0.795. The second kappa shape index (κ2) is 6.41. The van der Waals surface area contributed by atoms with E-state index in [1.165, 1.54) is 52.0 Å². The SMILES string of the molecule is CCCC(C)N1CCN(CCC)CC1. The minimum Gasteiger partial charge on any atom is -0.301 e. The molecule has 14 heavy (non-hydrogen) atoms. The van der Waals surface area contributed by atoms with Crippen LogP contribution < -0.4 is 0 Å². The summed E-state index contributed by atoms with van der Waals surface area (Å²) in [4.78, 5) is 5.24. The van der Waals surface area contributed by atoms with Crippen molar-refractivity contribution in [2.45, 2.75) is 46.1 Å². The van der Waals surface area contributed by atoms with Crippen LogP contribution in [0.1, 0.15) is 40.0 Å². The van der Waals surface area contributed by atoms with Crippen molar-refractivity contribution in [2.75, 3.05) is 32.7 Å². The van der Waals surface area contributed by atoms with Gasteiger partial charge in [0, 0.05) is 32.2 Å². The third-order valence-corrected chi connectivity index (χ3v) is 3.28. The van der Waals surface area contributed by atoms with Crippen molar-refractivity contribution in [3.63, 3.8) is 0 Å². The molecule has 0 radical (unpaired) electrons. The van der Waals surface area contributed by atoms with Gasteiger partial charge in [-0.25, -0.2) is 0 Å². The molecule has 0 aromatic rings. The van der Waals surface area contributed by atoms with E-state index < -0.39 is 0 Å². The highest BCUT2D eigenvalue weighted by Crippen LogP contribution is 2.10. The zero-order valence-corrected chi connectivity index (χ0v) is 10.1. The molecule has 0 saturated carbocycles. The van der Waals surface area contributed by atoms with Crippen LogP contribution in [0.25, 0.3) is 0 Å². The van der Waals surface area contributed by atoms with Gasteiger partial charge >= 0.3 is 0 Å². The Morgan fingerprint density at radius 3 is 2.14 bits per heavy atom. The lowest BCUT2D eigenvalue weighted by Gasteiger charge is -2.38. The molecule has 0 amide bonds. The van der Waals surface area contributed by atoms with Crippen LogP contribution in [0.4, 0.5) is 0 Å². The van der Waals surface area contributed by atoms with Crippen LogP contribution in [-0.4, -0.2) is 48.6 Å². The Hall–Kier alpha value is -0.0800. The first-order valence-corrected chi connectivity index (χ1v) is 6.24. The van der Waals surface area contributed by atoms with Crippen LogP contribution in [0, 0.1) is 0 Å². The molecule has 1 rings (SSSR count). The van der Waals surface area contributed by atoms with Gasteiger partial charge in [-0.3, -0.25) is 4.90 Å². The second-order valence-corrected chi connectivity index (χ2v) is 4.52. The maximum absolute atomic E-state index is 2.65. The van der Waals surface area contributed by atoms with Gasteiger partial charge in [-0.05, 0) is 26.3 Å². The zero-order chi connectivity index (χ0) is 10.4. The molecule has 0 aliphatic carbocycles. The molecular formula is C12H26N2. The third-order valence-electron chi connectivity index (χ3n) is 3.28. The molecule has 0 aromatic carbocycles. The van der Waals surface area contributed by atoms with Gasteiger partial charge in [-0.1, -0.05) is 20.3 Å². The maximum atomic E-state index is 2.65. The van der Waals surface area contributed by atoms with Gasteiger partial charge in [0.1, 0.15) is 0 Å². The van der Waals surface area contributed by atoms with E-state index in [9.17, 15) is 0 Å². The summed E-state index contributed by atoms with van der Waals surface area (Å²) < 4.78 is 0. The Kier molecular flexibility index (Phi) is 5.49. The maximum Gasteiger partial charge on any atom is 0.0113 e. The van der Waals surface area contributed by atoms with E-state index in [-0.39, 0.29) is 0 Å². The van der Waals surface area contributed by atoms with E-state index in [2.05, 4.69) is 30.6 Å². The molecule has 1 fully saturated rings. The quantitative estimate of drug-likeness (QED) is 0.668. The molecule has 0 spiro atoms. The first kappa shape index (κ1) is 12.0. The van der Waals surface area contributed by atoms with Crippen LogP contribution in [0.15, 0.2) is 0 Å². The van der Waals surface area contributed by atoms with Crippen molar-refractivity contribution in [1.82, 2.24) is 9.80 Å². The number of piperazine rings is 1. The third kappa shape index (κ3) is 3.58. The van der Waals surface area contributed by atoms with Crippen molar-refractivity contribution in [3.8, 4) is 0 Å². The zero-order valence-electron chi connectivity index (χ0n) is 10.1. The van der Waals surface area contributed by atoms with Crippen molar-refractivity contribution >= 4 is 0 Å². The average Bonchev–Trinajstić information content (AvgIpc) is 2.20. The number of hydrogen-bond donors (Lipinski definition) is 0. The Bertz CT molecular complexity index is 139. The number of nitrogens with zero attached hydrogens (tertiary/aromatic N) is 2. The Labute approximate surface area is 89.3 Å². The lowest BCUT2D eigenvalue weighted by molar-refractivity contribution is 0.0986. The normalized spacial score (nSPS) is 22.5. The predicted octanol–water partition coefficient (Wildman–Crippen LogP) is 2.20. The summed E-state index contributed by atoms with van der Waals surface area (Å²) in [5.41, 5.74) is 0. The highest BCUT2D eigenvalue weighted by atomic mass is 15.3. The summed E-state index contributed by atoms with van der Waals surface area (Å²) in [7, 11) is 0. The smallest absolute Gasteiger partial charge is 0.0113 e. The fourth-order valence-electron chi connectivity index (χ4n) is 2.34. The highest BCUT2D eigenvalue weighted by Gasteiger charge is 2.19. The van der Waals surface area contributed by atoms with E-state index in [0.717, 1.165) is 6.04 Å². The Morgan fingerprint density at radius 2 is 1.64 bits per heavy atom. The van der Waals surface area contributed by atoms with E-state index in [1.54, 1.807) is 0 Å². The average molecular weight is 198 g/mol. The van der Waals surface area contributed by atoms with E-state index in [1.807, 2.05) is 0 Å². The fourth-order valence-corrected chi connectivity index (χ4v) is 2.34. The molecule has 0 bridgehead atoms. The van der Waals surface area contributed by atoms with Crippen LogP contribution in [0.2, 0.25) is 0 Å². The van der Waals surface area contributed by atoms with Gasteiger partial charge in [-0.15, -0.1) is 0 Å². The monoisotopic (exact) mass is 198 g/mol. The van der Waals surface area contributed by atoms with Crippen LogP contribution in [0.3, 0.4) is 0 Å². The molecule has 1 unspecified atom stereocenters. The molecular weight excluding hydrogens is 172 g/mol. The van der Waals surface area contributed by atoms with Crippen LogP contribution in [-0.2, 0) is 0 Å². The molecule has 1 heterocycles. The van der Waals surface area contributed by atoms with Crippen molar-refractivity contribution < 1.29 is 0 Å². The molecule has 1 atom stereocenters. The summed E-state index contributed by atoms with van der Waals surface area (Å²) in [6.45, 7) is 13.3. The van der Waals surface area contributed by atoms with Gasteiger partial charge in [0.25, 0.3) is 0 Å². The van der Waals surface area contributed by atoms with Gasteiger partial charge in [0.15, 0.2) is 0 Å². The van der Waals surface area contributed by atoms with Crippen LogP contribution in [0.5, 0.6) is 0 Å². The van der Waals surface area contributed by atoms with Crippen molar-refractivity contribution in [1.29, 1.82) is 0 Å². The minimum absolute atomic E-state index is 0.795. The Balaban J connectivity index is 2.21. The lowest BCUT2D eigenvalue weighted by atomic mass is 10.1. The van der Waals surface area contributed by atoms with Crippen molar-refractivity contribution in [2.24, 2.45) is 0 Å². The largest absolute Gasteiger partial charge is 0.301 e. The van der Waals surface area contributed by atoms with E-state index in [4.69, 9.17) is 0 Å². The van der Waals surface area contributed by atoms with Gasteiger partial charge in [0.2, 0.25) is 0 Å². The minimum atomic E-state index is 0.795.